The third kappa shape index (κ3) is 6.00. The van der Waals surface area contributed by atoms with Gasteiger partial charge in [-0.1, -0.05) is 51.5 Å². The van der Waals surface area contributed by atoms with Crippen LogP contribution in [0.5, 0.6) is 5.88 Å². The number of hydrogen-bond acceptors (Lipinski definition) is 7. The predicted molar refractivity (Wildman–Crippen MR) is 168 cm³/mol. The first-order valence-corrected chi connectivity index (χ1v) is 16.7. The highest BCUT2D eigenvalue weighted by Gasteiger charge is 2.59. The zero-order chi connectivity index (χ0) is 31.0. The van der Waals surface area contributed by atoms with Crippen LogP contribution < -0.4 is 10.1 Å². The van der Waals surface area contributed by atoms with Crippen LogP contribution in [-0.2, 0) is 25.6 Å². The predicted octanol–water partition coefficient (Wildman–Crippen LogP) is 6.05. The molecule has 1 aromatic heterocycles. The zero-order valence-corrected chi connectivity index (χ0v) is 27.0. The Hall–Kier alpha value is -2.97. The Morgan fingerprint density at radius 3 is 2.39 bits per heavy atom. The summed E-state index contributed by atoms with van der Waals surface area (Å²) in [7, 11) is 1.66. The lowest BCUT2D eigenvalue weighted by molar-refractivity contribution is -0.160. The summed E-state index contributed by atoms with van der Waals surface area (Å²) in [5.41, 5.74) is 4.31. The molecule has 0 spiro atoms. The highest BCUT2D eigenvalue weighted by molar-refractivity contribution is 5.89. The van der Waals surface area contributed by atoms with Crippen molar-refractivity contribution in [2.24, 2.45) is 11.3 Å². The summed E-state index contributed by atoms with van der Waals surface area (Å²) in [4.78, 5) is 35.1. The number of nitrogens with zero attached hydrogens (tertiary/aromatic N) is 2. The van der Waals surface area contributed by atoms with Gasteiger partial charge in [0.05, 0.1) is 19.8 Å². The number of nitrogens with one attached hydrogen (secondary N) is 1. The minimum absolute atomic E-state index is 0.110. The molecule has 238 valence electrons. The number of likely N-dealkylation sites (tertiary alicyclic amines) is 1. The Balaban J connectivity index is 1.46. The molecule has 2 aliphatic heterocycles. The first-order chi connectivity index (χ1) is 21.2. The molecule has 1 amide bonds. The highest BCUT2D eigenvalue weighted by atomic mass is 16.5. The van der Waals surface area contributed by atoms with E-state index in [4.69, 9.17) is 14.2 Å². The second-order valence-corrected chi connectivity index (χ2v) is 14.2. The van der Waals surface area contributed by atoms with E-state index >= 15 is 0 Å². The third-order valence-corrected chi connectivity index (χ3v) is 10.2. The van der Waals surface area contributed by atoms with Crippen LogP contribution in [0.3, 0.4) is 0 Å². The summed E-state index contributed by atoms with van der Waals surface area (Å²) in [6.45, 7) is 9.66. The van der Waals surface area contributed by atoms with Crippen molar-refractivity contribution in [1.82, 2.24) is 15.2 Å². The molecule has 1 aromatic carbocycles. The van der Waals surface area contributed by atoms with Gasteiger partial charge in [-0.2, -0.15) is 0 Å². The normalized spacial score (nSPS) is 27.3. The van der Waals surface area contributed by atoms with Gasteiger partial charge in [0.15, 0.2) is 0 Å². The van der Waals surface area contributed by atoms with Gasteiger partial charge < -0.3 is 24.4 Å². The van der Waals surface area contributed by atoms with Gasteiger partial charge in [0.1, 0.15) is 12.1 Å². The molecule has 4 aliphatic rings. The average Bonchev–Trinajstić information content (AvgIpc) is 3.54. The highest BCUT2D eigenvalue weighted by Crippen LogP contribution is 2.52. The summed E-state index contributed by atoms with van der Waals surface area (Å²) >= 11 is 0. The van der Waals surface area contributed by atoms with Gasteiger partial charge in [-0.15, -0.1) is 0 Å². The topological polar surface area (TPSA) is 90.0 Å². The summed E-state index contributed by atoms with van der Waals surface area (Å²) in [6.07, 6.45) is 8.83. The van der Waals surface area contributed by atoms with E-state index < -0.39 is 12.1 Å². The van der Waals surface area contributed by atoms with Crippen molar-refractivity contribution < 1.29 is 23.8 Å². The monoisotopic (exact) mass is 603 g/mol. The van der Waals surface area contributed by atoms with E-state index in [1.807, 2.05) is 18.0 Å². The van der Waals surface area contributed by atoms with Crippen molar-refractivity contribution in [2.45, 2.75) is 115 Å². The molecule has 1 N–H and O–H groups in total. The van der Waals surface area contributed by atoms with Crippen molar-refractivity contribution in [3.63, 3.8) is 0 Å². The standard InChI is InChI=1S/C36H49N3O5/c1-6-43-35(41)32-29(36(2,3)4)30(37-21-25-19-24(22-11-9-12-22)20-38-33(25)42-5)31(39(32)34(40)28-15-10-18-44-28)27-14-8-7-13-26(27)23-16-17-23/h7-8,13-14,19-20,22-23,28-32,37H,6,9-12,15-18,21H2,1-5H3/t28-,29-,30-,31-,32-/m0/s1. The molecule has 2 saturated carbocycles. The smallest absolute Gasteiger partial charge is 0.329 e. The number of carbonyl (C=O) groups excluding carboxylic acids is 2. The van der Waals surface area contributed by atoms with Crippen LogP contribution in [0.2, 0.25) is 0 Å². The molecule has 2 aliphatic carbocycles. The van der Waals surface area contributed by atoms with Crippen LogP contribution in [0.4, 0.5) is 0 Å². The Morgan fingerprint density at radius 2 is 1.80 bits per heavy atom. The van der Waals surface area contributed by atoms with E-state index in [1.54, 1.807) is 7.11 Å². The molecule has 0 radical (unpaired) electrons. The van der Waals surface area contributed by atoms with Gasteiger partial charge in [-0.25, -0.2) is 9.78 Å². The quantitative estimate of drug-likeness (QED) is 0.331. The number of rotatable bonds is 10. The van der Waals surface area contributed by atoms with Crippen LogP contribution in [-0.4, -0.2) is 60.3 Å². The number of esters is 1. The van der Waals surface area contributed by atoms with Crippen LogP contribution in [0.15, 0.2) is 36.5 Å². The first-order valence-electron chi connectivity index (χ1n) is 16.7. The van der Waals surface area contributed by atoms with Crippen LogP contribution in [0, 0.1) is 11.3 Å². The van der Waals surface area contributed by atoms with Crippen LogP contribution >= 0.6 is 0 Å². The Labute approximate surface area is 262 Å². The minimum atomic E-state index is -0.747. The van der Waals surface area contributed by atoms with Gasteiger partial charge in [0, 0.05) is 36.9 Å². The third-order valence-electron chi connectivity index (χ3n) is 10.2. The van der Waals surface area contributed by atoms with Crippen molar-refractivity contribution in [1.29, 1.82) is 0 Å². The fourth-order valence-corrected chi connectivity index (χ4v) is 7.77. The van der Waals surface area contributed by atoms with Gasteiger partial charge in [0.2, 0.25) is 5.88 Å². The molecule has 4 fully saturated rings. The number of methoxy groups -OCH3 is 1. The maximum atomic E-state index is 14.5. The van der Waals surface area contributed by atoms with E-state index in [9.17, 15) is 9.59 Å². The molecule has 5 atom stereocenters. The Morgan fingerprint density at radius 1 is 1.05 bits per heavy atom. The van der Waals surface area contributed by atoms with Crippen molar-refractivity contribution in [2.75, 3.05) is 20.3 Å². The lowest BCUT2D eigenvalue weighted by Gasteiger charge is -2.36. The zero-order valence-electron chi connectivity index (χ0n) is 27.0. The number of ether oxygens (including phenoxy) is 3. The van der Waals surface area contributed by atoms with Crippen molar-refractivity contribution in [3.05, 3.63) is 58.8 Å². The van der Waals surface area contributed by atoms with Crippen LogP contribution in [0.25, 0.3) is 0 Å². The lowest BCUT2D eigenvalue weighted by Crippen LogP contribution is -2.50. The SMILES string of the molecule is CCOC(=O)[C@@H]1[C@@H](C(C)(C)C)[C@H](NCc2cc(C3CCC3)cnc2OC)[C@H](c2ccccc2C2CC2)N1C(=O)[C@@H]1CCCO1. The largest absolute Gasteiger partial charge is 0.481 e. The molecule has 8 nitrogen and oxygen atoms in total. The maximum absolute atomic E-state index is 14.5. The number of pyridine rings is 1. The number of carbonyl (C=O) groups is 2. The lowest BCUT2D eigenvalue weighted by atomic mass is 9.72. The van der Waals surface area contributed by atoms with Gasteiger partial charge in [0.25, 0.3) is 5.91 Å². The average molecular weight is 604 g/mol. The maximum Gasteiger partial charge on any atom is 0.329 e. The first kappa shape index (κ1) is 31.0. The molecule has 0 unspecified atom stereocenters. The minimum Gasteiger partial charge on any atom is -0.481 e. The Kier molecular flexibility index (Phi) is 9.02. The Bertz CT molecular complexity index is 1340. The van der Waals surface area contributed by atoms with Gasteiger partial charge in [-0.3, -0.25) is 4.79 Å². The second kappa shape index (κ2) is 12.8. The van der Waals surface area contributed by atoms with Crippen molar-refractivity contribution >= 4 is 11.9 Å². The number of benzene rings is 1. The van der Waals surface area contributed by atoms with E-state index in [2.05, 4.69) is 61.4 Å². The second-order valence-electron chi connectivity index (χ2n) is 14.2. The molecule has 0 bridgehead atoms. The number of hydrogen-bond donors (Lipinski definition) is 1. The van der Waals surface area contributed by atoms with Gasteiger partial charge >= 0.3 is 5.97 Å². The molecule has 3 heterocycles. The fourth-order valence-electron chi connectivity index (χ4n) is 7.77. The van der Waals surface area contributed by atoms with Gasteiger partial charge in [-0.05, 0) is 85.5 Å². The number of amides is 1. The molecule has 8 heteroatoms. The molecule has 6 rings (SSSR count). The summed E-state index contributed by atoms with van der Waals surface area (Å²) in [5.74, 6) is 0.952. The van der Waals surface area contributed by atoms with E-state index in [-0.39, 0.29) is 41.9 Å². The number of aromatic nitrogens is 1. The van der Waals surface area contributed by atoms with Crippen molar-refractivity contribution in [3.8, 4) is 5.88 Å². The van der Waals surface area contributed by atoms with Crippen LogP contribution in [0.1, 0.15) is 113 Å². The van der Waals surface area contributed by atoms with E-state index in [0.29, 0.717) is 37.3 Å². The molecule has 44 heavy (non-hydrogen) atoms. The summed E-state index contributed by atoms with van der Waals surface area (Å²) in [6, 6.07) is 9.41. The molecule has 2 saturated heterocycles. The van der Waals surface area contributed by atoms with E-state index in [1.165, 1.54) is 30.4 Å². The van der Waals surface area contributed by atoms with E-state index in [0.717, 1.165) is 30.4 Å². The summed E-state index contributed by atoms with van der Waals surface area (Å²) in [5, 5.41) is 3.91. The molecule has 2 aromatic rings. The molecular formula is C36H49N3O5. The summed E-state index contributed by atoms with van der Waals surface area (Å²) < 4.78 is 17.4. The fraction of sp³-hybridized carbons (Fsp3) is 0.639. The molecular weight excluding hydrogens is 554 g/mol.